The highest BCUT2D eigenvalue weighted by atomic mass is 19.1. The summed E-state index contributed by atoms with van der Waals surface area (Å²) in [6, 6.07) is 16.7. The maximum Gasteiger partial charge on any atom is 0.229 e. The van der Waals surface area contributed by atoms with Crippen LogP contribution in [0.2, 0.25) is 0 Å². The minimum atomic E-state index is -0.277. The van der Waals surface area contributed by atoms with Crippen LogP contribution in [0.3, 0.4) is 0 Å². The Hall–Kier alpha value is -3.75. The zero-order valence-corrected chi connectivity index (χ0v) is 20.8. The summed E-state index contributed by atoms with van der Waals surface area (Å²) in [6.45, 7) is 3.28. The van der Waals surface area contributed by atoms with Gasteiger partial charge in [-0.05, 0) is 54.9 Å². The fraction of sp³-hybridized carbons (Fsp3) is 0.407. The number of anilines is 3. The first kappa shape index (κ1) is 25.3. The highest BCUT2D eigenvalue weighted by Crippen LogP contribution is 2.27. The summed E-state index contributed by atoms with van der Waals surface area (Å²) < 4.78 is 13.1. The van der Waals surface area contributed by atoms with Gasteiger partial charge in [0, 0.05) is 32.1 Å². The average molecular weight is 492 g/mol. The molecule has 0 spiro atoms. The normalized spacial score (nSPS) is 18.2. The molecule has 0 aliphatic heterocycles. The first-order valence-corrected chi connectivity index (χ1v) is 12.5. The predicted molar refractivity (Wildman–Crippen MR) is 140 cm³/mol. The quantitative estimate of drug-likeness (QED) is 0.330. The van der Waals surface area contributed by atoms with Crippen molar-refractivity contribution in [2.24, 2.45) is 5.92 Å². The Morgan fingerprint density at radius 3 is 2.31 bits per heavy atom. The van der Waals surface area contributed by atoms with Crippen molar-refractivity contribution in [3.05, 3.63) is 71.5 Å². The van der Waals surface area contributed by atoms with Gasteiger partial charge >= 0.3 is 0 Å². The van der Waals surface area contributed by atoms with E-state index in [1.807, 2.05) is 18.2 Å². The highest BCUT2D eigenvalue weighted by Gasteiger charge is 2.26. The lowest BCUT2D eigenvalue weighted by molar-refractivity contribution is -0.126. The summed E-state index contributed by atoms with van der Waals surface area (Å²) in [5, 5.41) is 12.7. The Morgan fingerprint density at radius 2 is 1.61 bits per heavy atom. The maximum absolute atomic E-state index is 13.1. The molecule has 3 aromatic rings. The molecule has 1 aliphatic carbocycles. The van der Waals surface area contributed by atoms with E-state index in [-0.39, 0.29) is 23.7 Å². The number of halogens is 1. The third-order valence-corrected chi connectivity index (χ3v) is 6.61. The molecule has 8 nitrogen and oxygen atoms in total. The number of hydrogen-bond donors (Lipinski definition) is 4. The molecule has 0 bridgehead atoms. The van der Waals surface area contributed by atoms with Crippen molar-refractivity contribution >= 4 is 23.8 Å². The van der Waals surface area contributed by atoms with E-state index in [1.54, 1.807) is 19.2 Å². The van der Waals surface area contributed by atoms with Crippen molar-refractivity contribution in [1.29, 1.82) is 0 Å². The van der Waals surface area contributed by atoms with Crippen LogP contribution >= 0.6 is 0 Å². The summed E-state index contributed by atoms with van der Waals surface area (Å²) in [4.78, 5) is 26.1. The van der Waals surface area contributed by atoms with E-state index in [4.69, 9.17) is 0 Å². The molecular weight excluding hydrogens is 457 g/mol. The maximum atomic E-state index is 13.1. The second kappa shape index (κ2) is 12.3. The fourth-order valence-electron chi connectivity index (χ4n) is 4.39. The number of hydrogen-bond acceptors (Lipinski definition) is 7. The number of aromatic nitrogens is 3. The van der Waals surface area contributed by atoms with Crippen LogP contribution in [0.25, 0.3) is 0 Å². The van der Waals surface area contributed by atoms with E-state index in [0.29, 0.717) is 36.9 Å². The number of carbonyl (C=O) groups excluding carboxylic acids is 1. The molecule has 1 saturated carbocycles. The van der Waals surface area contributed by atoms with Gasteiger partial charge in [0.05, 0.1) is 0 Å². The van der Waals surface area contributed by atoms with Gasteiger partial charge < -0.3 is 21.3 Å². The van der Waals surface area contributed by atoms with Crippen molar-refractivity contribution in [1.82, 2.24) is 20.3 Å². The largest absolute Gasteiger partial charge is 0.357 e. The molecule has 4 N–H and O–H groups in total. The summed E-state index contributed by atoms with van der Waals surface area (Å²) in [7, 11) is 1.78. The van der Waals surface area contributed by atoms with Crippen LogP contribution < -0.4 is 21.3 Å². The van der Waals surface area contributed by atoms with Gasteiger partial charge in [-0.25, -0.2) is 4.39 Å². The van der Waals surface area contributed by atoms with Gasteiger partial charge in [-0.2, -0.15) is 15.0 Å². The Bertz CT molecular complexity index is 1120. The number of carbonyl (C=O) groups is 1. The minimum Gasteiger partial charge on any atom is -0.357 e. The third-order valence-electron chi connectivity index (χ3n) is 6.61. The van der Waals surface area contributed by atoms with Crippen LogP contribution in [0, 0.1) is 11.7 Å². The van der Waals surface area contributed by atoms with Crippen LogP contribution in [0.1, 0.15) is 49.7 Å². The average Bonchev–Trinajstić information content (AvgIpc) is 2.92. The van der Waals surface area contributed by atoms with E-state index in [2.05, 4.69) is 55.3 Å². The van der Waals surface area contributed by atoms with Crippen LogP contribution in [0.5, 0.6) is 0 Å². The van der Waals surface area contributed by atoms with Gasteiger partial charge in [0.1, 0.15) is 5.82 Å². The standard InChI is InChI=1S/C27H34FN7O/c1-18(20-6-4-3-5-7-20)16-31-26-33-25(29-2)34-27(35-26)32-23-14-10-21(11-15-23)24(36)30-17-19-8-12-22(28)13-9-19/h3-9,12-13,18,21,23H,10-11,14-17H2,1-2H3,(H,30,36)(H3,29,31,32,33,34,35)/t18-,21-,23-/m0/s1. The van der Waals surface area contributed by atoms with Gasteiger partial charge in [-0.3, -0.25) is 4.79 Å². The van der Waals surface area contributed by atoms with Gasteiger partial charge in [-0.15, -0.1) is 0 Å². The molecule has 2 aromatic carbocycles. The smallest absolute Gasteiger partial charge is 0.229 e. The van der Waals surface area contributed by atoms with E-state index >= 15 is 0 Å². The second-order valence-corrected chi connectivity index (χ2v) is 9.29. The Balaban J connectivity index is 1.27. The lowest BCUT2D eigenvalue weighted by atomic mass is 9.85. The molecule has 1 heterocycles. The SMILES string of the molecule is CNc1nc(NC[C@H](C)c2ccccc2)nc(N[C@H]2CC[C@H](C(=O)NCc3ccc(F)cc3)CC2)n1. The highest BCUT2D eigenvalue weighted by molar-refractivity contribution is 5.78. The fourth-order valence-corrected chi connectivity index (χ4v) is 4.39. The molecule has 1 amide bonds. The third kappa shape index (κ3) is 7.13. The van der Waals surface area contributed by atoms with Gasteiger partial charge in [0.2, 0.25) is 23.8 Å². The van der Waals surface area contributed by atoms with Crippen molar-refractivity contribution < 1.29 is 9.18 Å². The Labute approximate surface area is 211 Å². The molecule has 36 heavy (non-hydrogen) atoms. The Morgan fingerprint density at radius 1 is 0.944 bits per heavy atom. The summed E-state index contributed by atoms with van der Waals surface area (Å²) in [5.41, 5.74) is 2.14. The van der Waals surface area contributed by atoms with Crippen LogP contribution in [0.15, 0.2) is 54.6 Å². The molecule has 9 heteroatoms. The molecule has 1 aromatic heterocycles. The summed E-state index contributed by atoms with van der Waals surface area (Å²) in [5.74, 6) is 1.60. The zero-order valence-electron chi connectivity index (χ0n) is 20.8. The molecule has 190 valence electrons. The molecule has 0 unspecified atom stereocenters. The molecule has 4 rings (SSSR count). The molecule has 1 aliphatic rings. The van der Waals surface area contributed by atoms with Crippen molar-refractivity contribution in [2.45, 2.75) is 51.1 Å². The van der Waals surface area contributed by atoms with Crippen molar-refractivity contribution in [3.8, 4) is 0 Å². The molecule has 0 saturated heterocycles. The van der Waals surface area contributed by atoms with Crippen LogP contribution in [-0.2, 0) is 11.3 Å². The van der Waals surface area contributed by atoms with E-state index < -0.39 is 0 Å². The van der Waals surface area contributed by atoms with Crippen LogP contribution in [0.4, 0.5) is 22.2 Å². The number of nitrogens with one attached hydrogen (secondary N) is 4. The number of benzene rings is 2. The van der Waals surface area contributed by atoms with Gasteiger partial charge in [0.25, 0.3) is 0 Å². The predicted octanol–water partition coefficient (Wildman–Crippen LogP) is 4.56. The topological polar surface area (TPSA) is 104 Å². The lowest BCUT2D eigenvalue weighted by Gasteiger charge is -2.28. The molecule has 0 radical (unpaired) electrons. The zero-order chi connectivity index (χ0) is 25.3. The summed E-state index contributed by atoms with van der Waals surface area (Å²) in [6.07, 6.45) is 3.28. The van der Waals surface area contributed by atoms with Crippen molar-refractivity contribution in [2.75, 3.05) is 29.5 Å². The van der Waals surface area contributed by atoms with Crippen molar-refractivity contribution in [3.63, 3.8) is 0 Å². The van der Waals surface area contributed by atoms with E-state index in [9.17, 15) is 9.18 Å². The van der Waals surface area contributed by atoms with Crippen LogP contribution in [-0.4, -0.2) is 40.5 Å². The van der Waals surface area contributed by atoms with Gasteiger partial charge in [0.15, 0.2) is 0 Å². The number of rotatable bonds is 10. The molecule has 1 atom stereocenters. The number of amides is 1. The first-order valence-electron chi connectivity index (χ1n) is 12.5. The van der Waals surface area contributed by atoms with Gasteiger partial charge in [-0.1, -0.05) is 49.4 Å². The minimum absolute atomic E-state index is 0.0218. The van der Waals surface area contributed by atoms with E-state index in [0.717, 1.165) is 31.2 Å². The lowest BCUT2D eigenvalue weighted by Crippen LogP contribution is -2.36. The molecule has 1 fully saturated rings. The number of nitrogens with zero attached hydrogens (tertiary/aromatic N) is 3. The Kier molecular flexibility index (Phi) is 8.65. The first-order chi connectivity index (χ1) is 17.5. The molecular formula is C27H34FN7O. The second-order valence-electron chi connectivity index (χ2n) is 9.29. The van der Waals surface area contributed by atoms with E-state index in [1.165, 1.54) is 17.7 Å². The summed E-state index contributed by atoms with van der Waals surface area (Å²) >= 11 is 0. The monoisotopic (exact) mass is 491 g/mol.